The third-order valence-corrected chi connectivity index (χ3v) is 8.54. The van der Waals surface area contributed by atoms with Gasteiger partial charge in [-0.25, -0.2) is 0 Å². The van der Waals surface area contributed by atoms with Crippen LogP contribution in [0.4, 0.5) is 0 Å². The van der Waals surface area contributed by atoms with E-state index in [1.807, 2.05) is 36.6 Å². The summed E-state index contributed by atoms with van der Waals surface area (Å²) in [6.07, 6.45) is 14.5. The molecule has 0 atom stereocenters. The first-order valence-corrected chi connectivity index (χ1v) is 13.6. The molecule has 2 aliphatic carbocycles. The minimum atomic E-state index is 0.0341. The van der Waals surface area contributed by atoms with Crippen LogP contribution in [0.5, 0.6) is 0 Å². The maximum atomic E-state index is 13.0. The lowest BCUT2D eigenvalue weighted by Crippen LogP contribution is -2.39. The molecule has 1 aromatic carbocycles. The van der Waals surface area contributed by atoms with Crippen molar-refractivity contribution in [2.45, 2.75) is 75.7 Å². The summed E-state index contributed by atoms with van der Waals surface area (Å²) in [5.41, 5.74) is 4.25. The highest BCUT2D eigenvalue weighted by Gasteiger charge is 2.33. The molecule has 1 N–H and O–H groups in total. The first-order chi connectivity index (χ1) is 17.2. The molecule has 3 aromatic rings. The van der Waals surface area contributed by atoms with Crippen molar-refractivity contribution in [2.75, 3.05) is 19.6 Å². The van der Waals surface area contributed by atoms with E-state index in [9.17, 15) is 4.79 Å². The Morgan fingerprint density at radius 1 is 0.971 bits per heavy atom. The van der Waals surface area contributed by atoms with Crippen LogP contribution in [0.2, 0.25) is 0 Å². The molecule has 3 heterocycles. The Kier molecular flexibility index (Phi) is 6.55. The lowest BCUT2D eigenvalue weighted by Gasteiger charge is -2.34. The zero-order valence-electron chi connectivity index (χ0n) is 20.5. The van der Waals surface area contributed by atoms with Gasteiger partial charge in [-0.05, 0) is 107 Å². The van der Waals surface area contributed by atoms with Crippen LogP contribution in [0, 0.1) is 5.92 Å². The zero-order valence-corrected chi connectivity index (χ0v) is 20.5. The number of rotatable bonds is 7. The molecule has 184 valence electrons. The monoisotopic (exact) mass is 472 g/mol. The fourth-order valence-corrected chi connectivity index (χ4v) is 6.22. The third kappa shape index (κ3) is 5.13. The number of nitrogens with zero attached hydrogens (tertiary/aromatic N) is 3. The van der Waals surface area contributed by atoms with E-state index in [0.29, 0.717) is 5.92 Å². The summed E-state index contributed by atoms with van der Waals surface area (Å²) in [4.78, 5) is 20.0. The molecule has 1 amide bonds. The number of fused-ring (bicyclic) bond motifs is 1. The average molecular weight is 473 g/mol. The normalized spacial score (nSPS) is 24.0. The molecule has 35 heavy (non-hydrogen) atoms. The maximum absolute atomic E-state index is 13.0. The summed E-state index contributed by atoms with van der Waals surface area (Å²) in [6.45, 7) is 3.55. The molecule has 2 saturated carbocycles. The minimum Gasteiger partial charge on any atom is -0.364 e. The lowest BCUT2D eigenvalue weighted by atomic mass is 9.83. The van der Waals surface area contributed by atoms with Gasteiger partial charge in [0.25, 0.3) is 5.91 Å². The van der Waals surface area contributed by atoms with E-state index in [1.54, 1.807) is 6.20 Å². The quantitative estimate of drug-likeness (QED) is 0.480. The molecular formula is C29H36N4O2. The Hall–Kier alpha value is -2.73. The van der Waals surface area contributed by atoms with Crippen LogP contribution in [0.15, 0.2) is 47.3 Å². The molecule has 6 nitrogen and oxygen atoms in total. The molecule has 2 aromatic heterocycles. The summed E-state index contributed by atoms with van der Waals surface area (Å²) >= 11 is 0. The van der Waals surface area contributed by atoms with Crippen molar-refractivity contribution in [3.8, 4) is 0 Å². The van der Waals surface area contributed by atoms with E-state index < -0.39 is 0 Å². The Bertz CT molecular complexity index is 1150. The SMILES string of the molecule is O=C(N[C@H]1CC[C@H](CCN2CCC(c3nocc3C3CC3)CC2)CC1)c1cccc2ncccc12. The first kappa shape index (κ1) is 22.7. The highest BCUT2D eigenvalue weighted by atomic mass is 16.5. The number of amides is 1. The maximum Gasteiger partial charge on any atom is 0.252 e. The van der Waals surface area contributed by atoms with E-state index in [0.717, 1.165) is 41.1 Å². The highest BCUT2D eigenvalue weighted by Crippen LogP contribution is 2.44. The van der Waals surface area contributed by atoms with Gasteiger partial charge < -0.3 is 14.7 Å². The van der Waals surface area contributed by atoms with Crippen molar-refractivity contribution in [3.63, 3.8) is 0 Å². The topological polar surface area (TPSA) is 71.3 Å². The van der Waals surface area contributed by atoms with Crippen molar-refractivity contribution in [2.24, 2.45) is 5.92 Å². The number of piperidine rings is 1. The van der Waals surface area contributed by atoms with Crippen LogP contribution in [0.25, 0.3) is 10.9 Å². The molecule has 0 radical (unpaired) electrons. The van der Waals surface area contributed by atoms with Gasteiger partial charge in [0.2, 0.25) is 0 Å². The number of nitrogens with one attached hydrogen (secondary N) is 1. The molecule has 1 saturated heterocycles. The average Bonchev–Trinajstić information content (AvgIpc) is 3.64. The van der Waals surface area contributed by atoms with Crippen LogP contribution in [0.1, 0.15) is 91.2 Å². The van der Waals surface area contributed by atoms with Gasteiger partial charge in [0, 0.05) is 34.7 Å². The molecule has 0 unspecified atom stereocenters. The second-order valence-electron chi connectivity index (χ2n) is 10.9. The predicted octanol–water partition coefficient (Wildman–Crippen LogP) is 5.66. The number of carbonyl (C=O) groups excluding carboxylic acids is 1. The van der Waals surface area contributed by atoms with E-state index in [-0.39, 0.29) is 11.9 Å². The summed E-state index contributed by atoms with van der Waals surface area (Å²) in [5, 5.41) is 8.61. The molecular weight excluding hydrogens is 436 g/mol. The fraction of sp³-hybridized carbons (Fsp3) is 0.552. The smallest absolute Gasteiger partial charge is 0.252 e. The van der Waals surface area contributed by atoms with Crippen molar-refractivity contribution in [1.29, 1.82) is 0 Å². The number of benzene rings is 1. The van der Waals surface area contributed by atoms with Gasteiger partial charge in [0.15, 0.2) is 0 Å². The summed E-state index contributed by atoms with van der Waals surface area (Å²) in [6, 6.07) is 9.94. The predicted molar refractivity (Wildman–Crippen MR) is 136 cm³/mol. The Balaban J connectivity index is 0.934. The van der Waals surface area contributed by atoms with Gasteiger partial charge in [-0.3, -0.25) is 9.78 Å². The molecule has 6 heteroatoms. The minimum absolute atomic E-state index is 0.0341. The van der Waals surface area contributed by atoms with Gasteiger partial charge in [-0.1, -0.05) is 17.3 Å². The van der Waals surface area contributed by atoms with Crippen LogP contribution in [-0.4, -0.2) is 46.6 Å². The number of hydrogen-bond donors (Lipinski definition) is 1. The second kappa shape index (κ2) is 10.1. The molecule has 3 aliphatic rings. The van der Waals surface area contributed by atoms with E-state index in [4.69, 9.17) is 4.52 Å². The highest BCUT2D eigenvalue weighted by molar-refractivity contribution is 6.06. The Morgan fingerprint density at radius 3 is 2.60 bits per heavy atom. The van der Waals surface area contributed by atoms with Gasteiger partial charge in [0.1, 0.15) is 6.26 Å². The largest absolute Gasteiger partial charge is 0.364 e. The third-order valence-electron chi connectivity index (χ3n) is 8.54. The van der Waals surface area contributed by atoms with Gasteiger partial charge in [-0.2, -0.15) is 0 Å². The molecule has 0 bridgehead atoms. The number of hydrogen-bond acceptors (Lipinski definition) is 5. The van der Waals surface area contributed by atoms with E-state index in [2.05, 4.69) is 20.4 Å². The summed E-state index contributed by atoms with van der Waals surface area (Å²) in [5.74, 6) is 2.11. The standard InChI is InChI=1S/C29H36N4O2/c34-29(25-3-1-5-27-24(25)4-2-15-30-27)31-23-10-6-20(7-11-23)12-16-33-17-13-22(14-18-33)28-26(19-35-32-28)21-8-9-21/h1-5,15,19-23H,6-14,16-18H2,(H,31,34)/t20-,23-. The van der Waals surface area contributed by atoms with Crippen LogP contribution < -0.4 is 5.32 Å². The number of likely N-dealkylation sites (tertiary alicyclic amines) is 1. The van der Waals surface area contributed by atoms with Crippen molar-refractivity contribution in [1.82, 2.24) is 20.4 Å². The lowest BCUT2D eigenvalue weighted by molar-refractivity contribution is 0.0921. The van der Waals surface area contributed by atoms with E-state index in [1.165, 1.54) is 75.8 Å². The number of carbonyl (C=O) groups is 1. The van der Waals surface area contributed by atoms with Crippen molar-refractivity contribution in [3.05, 3.63) is 59.6 Å². The molecule has 6 rings (SSSR count). The van der Waals surface area contributed by atoms with Crippen LogP contribution >= 0.6 is 0 Å². The van der Waals surface area contributed by atoms with Gasteiger partial charge in [0.05, 0.1) is 11.2 Å². The first-order valence-electron chi connectivity index (χ1n) is 13.6. The Labute approximate surface area is 207 Å². The van der Waals surface area contributed by atoms with Gasteiger partial charge in [-0.15, -0.1) is 0 Å². The molecule has 1 aliphatic heterocycles. The summed E-state index contributed by atoms with van der Waals surface area (Å²) in [7, 11) is 0. The van der Waals surface area contributed by atoms with Crippen LogP contribution in [0.3, 0.4) is 0 Å². The molecule has 0 spiro atoms. The van der Waals surface area contributed by atoms with Crippen molar-refractivity contribution < 1.29 is 9.32 Å². The van der Waals surface area contributed by atoms with Crippen molar-refractivity contribution >= 4 is 16.8 Å². The van der Waals surface area contributed by atoms with Gasteiger partial charge >= 0.3 is 0 Å². The summed E-state index contributed by atoms with van der Waals surface area (Å²) < 4.78 is 5.34. The van der Waals surface area contributed by atoms with Crippen LogP contribution in [-0.2, 0) is 0 Å². The van der Waals surface area contributed by atoms with E-state index >= 15 is 0 Å². The Morgan fingerprint density at radius 2 is 1.80 bits per heavy atom. The second-order valence-corrected chi connectivity index (χ2v) is 10.9. The zero-order chi connectivity index (χ0) is 23.6. The number of aromatic nitrogens is 2. The fourth-order valence-electron chi connectivity index (χ4n) is 6.22. The molecule has 3 fully saturated rings. The number of pyridine rings is 1.